The van der Waals surface area contributed by atoms with E-state index in [-0.39, 0.29) is 11.8 Å². The highest BCUT2D eigenvalue weighted by Crippen LogP contribution is 2.11. The third-order valence-electron chi connectivity index (χ3n) is 6.54. The number of nitrogens with two attached hydrogens (primary N) is 1. The summed E-state index contributed by atoms with van der Waals surface area (Å²) in [4.78, 5) is 25.1. The number of carbonyl (C=O) groups is 2. The molecular formula is C28H57N3O2S2. The van der Waals surface area contributed by atoms with Crippen molar-refractivity contribution in [1.82, 2.24) is 10.6 Å². The number of hydrogen-bond acceptors (Lipinski definition) is 5. The molecular weight excluding hydrogens is 474 g/mol. The lowest BCUT2D eigenvalue weighted by atomic mass is 10.1. The van der Waals surface area contributed by atoms with Crippen molar-refractivity contribution in [3.63, 3.8) is 0 Å². The van der Waals surface area contributed by atoms with Gasteiger partial charge in [0.15, 0.2) is 0 Å². The molecule has 5 nitrogen and oxygen atoms in total. The molecule has 1 atom stereocenters. The van der Waals surface area contributed by atoms with Gasteiger partial charge < -0.3 is 16.4 Å². The van der Waals surface area contributed by atoms with E-state index in [2.05, 4.69) is 35.9 Å². The van der Waals surface area contributed by atoms with Crippen LogP contribution in [0.5, 0.6) is 0 Å². The Labute approximate surface area is 228 Å². The lowest BCUT2D eigenvalue weighted by Crippen LogP contribution is -2.47. The van der Waals surface area contributed by atoms with Crippen molar-refractivity contribution in [2.75, 3.05) is 24.6 Å². The molecule has 2 amide bonds. The molecule has 35 heavy (non-hydrogen) atoms. The fourth-order valence-corrected chi connectivity index (χ4v) is 4.74. The zero-order chi connectivity index (χ0) is 25.8. The van der Waals surface area contributed by atoms with Crippen molar-refractivity contribution in [3.05, 3.63) is 0 Å². The molecule has 0 aromatic carbocycles. The quantitative estimate of drug-likeness (QED) is 0.0612. The Morgan fingerprint density at radius 3 is 1.54 bits per heavy atom. The van der Waals surface area contributed by atoms with Crippen LogP contribution in [0.3, 0.4) is 0 Å². The van der Waals surface area contributed by atoms with Crippen molar-refractivity contribution in [1.29, 1.82) is 0 Å². The second-order valence-electron chi connectivity index (χ2n) is 9.90. The van der Waals surface area contributed by atoms with Gasteiger partial charge >= 0.3 is 0 Å². The van der Waals surface area contributed by atoms with E-state index >= 15 is 0 Å². The minimum atomic E-state index is -0.432. The number of amides is 2. The SMILES string of the molecule is NCCCCC(NC(=O)CCCCCCCCCCS)C(=O)NCCCCCCCCCCCS. The second kappa shape index (κ2) is 28.2. The number of thiol groups is 2. The van der Waals surface area contributed by atoms with Crippen LogP contribution in [0.1, 0.15) is 135 Å². The molecule has 0 aliphatic carbocycles. The number of unbranched alkanes of at least 4 members (excludes halogenated alkanes) is 16. The Balaban J connectivity index is 3.95. The van der Waals surface area contributed by atoms with Gasteiger partial charge in [-0.2, -0.15) is 25.3 Å². The second-order valence-corrected chi connectivity index (χ2v) is 10.8. The first-order valence-corrected chi connectivity index (χ1v) is 15.9. The summed E-state index contributed by atoms with van der Waals surface area (Å²) >= 11 is 8.50. The number of hydrogen-bond donors (Lipinski definition) is 5. The maximum atomic E-state index is 12.7. The van der Waals surface area contributed by atoms with Crippen LogP contribution in [0.15, 0.2) is 0 Å². The van der Waals surface area contributed by atoms with Crippen molar-refractivity contribution in [3.8, 4) is 0 Å². The van der Waals surface area contributed by atoms with E-state index in [1.165, 1.54) is 83.5 Å². The zero-order valence-electron chi connectivity index (χ0n) is 22.5. The molecule has 0 aliphatic heterocycles. The normalized spacial score (nSPS) is 12.0. The standard InChI is InChI=1S/C28H57N3O2S2/c29-22-16-15-20-26(31-27(32)21-14-10-6-2-5-9-13-19-25-35)28(33)30-23-17-11-7-3-1-4-8-12-18-24-34/h26,34-35H,1-25,29H2,(H,30,33)(H,31,32). The van der Waals surface area contributed by atoms with Crippen LogP contribution in [-0.4, -0.2) is 42.5 Å². The Morgan fingerprint density at radius 1 is 0.600 bits per heavy atom. The van der Waals surface area contributed by atoms with Gasteiger partial charge in [0.2, 0.25) is 11.8 Å². The lowest BCUT2D eigenvalue weighted by Gasteiger charge is -2.18. The molecule has 0 radical (unpaired) electrons. The lowest BCUT2D eigenvalue weighted by molar-refractivity contribution is -0.129. The predicted octanol–water partition coefficient (Wildman–Crippen LogP) is 6.60. The third kappa shape index (κ3) is 25.0. The van der Waals surface area contributed by atoms with Crippen LogP contribution in [0.2, 0.25) is 0 Å². The summed E-state index contributed by atoms with van der Waals surface area (Å²) in [6.07, 6.45) is 23.5. The average Bonchev–Trinajstić information content (AvgIpc) is 2.85. The Morgan fingerprint density at radius 2 is 1.06 bits per heavy atom. The topological polar surface area (TPSA) is 84.2 Å². The molecule has 208 valence electrons. The third-order valence-corrected chi connectivity index (χ3v) is 7.18. The zero-order valence-corrected chi connectivity index (χ0v) is 24.3. The first-order chi connectivity index (χ1) is 17.2. The highest BCUT2D eigenvalue weighted by molar-refractivity contribution is 7.80. The fourth-order valence-electron chi connectivity index (χ4n) is 4.30. The van der Waals surface area contributed by atoms with E-state index in [0.717, 1.165) is 50.0 Å². The van der Waals surface area contributed by atoms with Gasteiger partial charge in [-0.05, 0) is 63.0 Å². The summed E-state index contributed by atoms with van der Waals surface area (Å²) in [7, 11) is 0. The van der Waals surface area contributed by atoms with Crippen molar-refractivity contribution < 1.29 is 9.59 Å². The Kier molecular flexibility index (Phi) is 27.9. The van der Waals surface area contributed by atoms with Crippen LogP contribution in [0.25, 0.3) is 0 Å². The maximum absolute atomic E-state index is 12.7. The summed E-state index contributed by atoms with van der Waals surface area (Å²) in [6.45, 7) is 1.31. The molecule has 0 aromatic rings. The molecule has 0 saturated heterocycles. The van der Waals surface area contributed by atoms with E-state index < -0.39 is 6.04 Å². The van der Waals surface area contributed by atoms with Crippen LogP contribution in [0, 0.1) is 0 Å². The number of rotatable bonds is 27. The smallest absolute Gasteiger partial charge is 0.242 e. The number of nitrogens with one attached hydrogen (secondary N) is 2. The van der Waals surface area contributed by atoms with E-state index in [9.17, 15) is 9.59 Å². The molecule has 0 rings (SSSR count). The maximum Gasteiger partial charge on any atom is 0.242 e. The molecule has 4 N–H and O–H groups in total. The highest BCUT2D eigenvalue weighted by atomic mass is 32.1. The molecule has 0 spiro atoms. The van der Waals surface area contributed by atoms with Crippen molar-refractivity contribution in [2.45, 2.75) is 141 Å². The van der Waals surface area contributed by atoms with Gasteiger partial charge in [0.25, 0.3) is 0 Å². The minimum Gasteiger partial charge on any atom is -0.354 e. The molecule has 1 unspecified atom stereocenters. The number of carbonyl (C=O) groups excluding carboxylic acids is 2. The molecule has 0 fully saturated rings. The van der Waals surface area contributed by atoms with Gasteiger partial charge in [-0.3, -0.25) is 9.59 Å². The van der Waals surface area contributed by atoms with Gasteiger partial charge in [-0.15, -0.1) is 0 Å². The Hall–Kier alpha value is -0.400. The van der Waals surface area contributed by atoms with Gasteiger partial charge in [-0.1, -0.05) is 83.5 Å². The van der Waals surface area contributed by atoms with E-state index in [1.807, 2.05) is 0 Å². The van der Waals surface area contributed by atoms with Gasteiger partial charge in [-0.25, -0.2) is 0 Å². The van der Waals surface area contributed by atoms with Crippen LogP contribution in [-0.2, 0) is 9.59 Å². The molecule has 0 aromatic heterocycles. The van der Waals surface area contributed by atoms with Crippen LogP contribution in [0.4, 0.5) is 0 Å². The largest absolute Gasteiger partial charge is 0.354 e. The fraction of sp³-hybridized carbons (Fsp3) is 0.929. The summed E-state index contributed by atoms with van der Waals surface area (Å²) in [5, 5.41) is 6.04. The molecule has 0 saturated carbocycles. The molecule has 0 bridgehead atoms. The Bertz CT molecular complexity index is 481. The van der Waals surface area contributed by atoms with E-state index in [0.29, 0.717) is 25.9 Å². The molecule has 0 aliphatic rings. The minimum absolute atomic E-state index is 0.000969. The average molecular weight is 532 g/mol. The van der Waals surface area contributed by atoms with Crippen LogP contribution >= 0.6 is 25.3 Å². The molecule has 0 heterocycles. The first-order valence-electron chi connectivity index (χ1n) is 14.6. The molecule has 7 heteroatoms. The monoisotopic (exact) mass is 531 g/mol. The predicted molar refractivity (Wildman–Crippen MR) is 159 cm³/mol. The van der Waals surface area contributed by atoms with Gasteiger partial charge in [0.1, 0.15) is 6.04 Å². The first kappa shape index (κ1) is 34.6. The van der Waals surface area contributed by atoms with Gasteiger partial charge in [0, 0.05) is 13.0 Å². The van der Waals surface area contributed by atoms with Crippen LogP contribution < -0.4 is 16.4 Å². The van der Waals surface area contributed by atoms with E-state index in [1.54, 1.807) is 0 Å². The van der Waals surface area contributed by atoms with Crippen molar-refractivity contribution in [2.24, 2.45) is 5.73 Å². The summed E-state index contributed by atoms with van der Waals surface area (Å²) < 4.78 is 0. The van der Waals surface area contributed by atoms with Crippen molar-refractivity contribution >= 4 is 37.1 Å². The summed E-state index contributed by atoms with van der Waals surface area (Å²) in [5.74, 6) is 1.95. The van der Waals surface area contributed by atoms with E-state index in [4.69, 9.17) is 5.73 Å². The summed E-state index contributed by atoms with van der Waals surface area (Å²) in [5.41, 5.74) is 5.62. The van der Waals surface area contributed by atoms with Gasteiger partial charge in [0.05, 0.1) is 0 Å². The highest BCUT2D eigenvalue weighted by Gasteiger charge is 2.19. The summed E-state index contributed by atoms with van der Waals surface area (Å²) in [6, 6.07) is -0.432.